The average Bonchev–Trinajstić information content (AvgIpc) is 2.48. The van der Waals surface area contributed by atoms with Crippen LogP contribution < -0.4 is 5.32 Å². The number of carbonyl (C=O) groups excluding carboxylic acids is 2. The molecule has 9 heteroatoms. The van der Waals surface area contributed by atoms with E-state index in [1.54, 1.807) is 0 Å². The molecule has 1 aliphatic heterocycles. The molecule has 1 heterocycles. The summed E-state index contributed by atoms with van der Waals surface area (Å²) < 4.78 is 37.3. The second-order valence-corrected chi connectivity index (χ2v) is 6.35. The number of rotatable bonds is 3. The maximum Gasteiger partial charge on any atom is 0.397 e. The number of halogens is 5. The average molecular weight is 383 g/mol. The highest BCUT2D eigenvalue weighted by Gasteiger charge is 2.38. The van der Waals surface area contributed by atoms with E-state index in [1.165, 1.54) is 18.2 Å². The predicted molar refractivity (Wildman–Crippen MR) is 85.1 cm³/mol. The molecule has 0 bridgehead atoms. The molecule has 132 valence electrons. The van der Waals surface area contributed by atoms with Crippen LogP contribution in [0.3, 0.4) is 0 Å². The second-order valence-electron chi connectivity index (χ2n) is 5.50. The smallest absolute Gasteiger partial charge is 0.330 e. The minimum atomic E-state index is -4.60. The van der Waals surface area contributed by atoms with Crippen molar-refractivity contribution in [3.05, 3.63) is 28.2 Å². The fourth-order valence-electron chi connectivity index (χ4n) is 2.58. The molecule has 0 aliphatic carbocycles. The molecule has 1 aromatic carbocycles. The van der Waals surface area contributed by atoms with E-state index in [0.717, 1.165) is 4.90 Å². The number of carbonyl (C=O) groups is 2. The first kappa shape index (κ1) is 18.9. The summed E-state index contributed by atoms with van der Waals surface area (Å²) >= 11 is 11.7. The second kappa shape index (κ2) is 7.61. The molecule has 1 unspecified atom stereocenters. The molecule has 4 nitrogen and oxygen atoms in total. The normalized spacial score (nSPS) is 18.4. The number of amides is 2. The number of piperidine rings is 1. The monoisotopic (exact) mass is 382 g/mol. The van der Waals surface area contributed by atoms with Crippen LogP contribution in [-0.4, -0.2) is 35.5 Å². The Morgan fingerprint density at radius 2 is 1.96 bits per heavy atom. The maximum atomic E-state index is 12.4. The van der Waals surface area contributed by atoms with E-state index in [2.05, 4.69) is 5.32 Å². The molecule has 1 aromatic rings. The van der Waals surface area contributed by atoms with E-state index >= 15 is 0 Å². The largest absolute Gasteiger partial charge is 0.397 e. The first-order valence-corrected chi connectivity index (χ1v) is 8.05. The molecule has 2 amide bonds. The quantitative estimate of drug-likeness (QED) is 0.848. The van der Waals surface area contributed by atoms with E-state index in [1.807, 2.05) is 0 Å². The number of anilines is 1. The van der Waals surface area contributed by atoms with Crippen LogP contribution in [0.15, 0.2) is 18.2 Å². The minimum absolute atomic E-state index is 0.126. The minimum Gasteiger partial charge on any atom is -0.330 e. The number of alkyl halides is 3. The molecule has 1 fully saturated rings. The van der Waals surface area contributed by atoms with Gasteiger partial charge in [0.05, 0.1) is 10.7 Å². The Morgan fingerprint density at radius 3 is 2.58 bits per heavy atom. The molecule has 0 radical (unpaired) electrons. The van der Waals surface area contributed by atoms with Crippen molar-refractivity contribution < 1.29 is 22.8 Å². The van der Waals surface area contributed by atoms with Gasteiger partial charge in [0.1, 0.15) is 12.5 Å². The van der Waals surface area contributed by atoms with Gasteiger partial charge in [-0.1, -0.05) is 23.2 Å². The van der Waals surface area contributed by atoms with E-state index in [0.29, 0.717) is 30.0 Å². The van der Waals surface area contributed by atoms with Gasteiger partial charge in [-0.15, -0.1) is 0 Å². The lowest BCUT2D eigenvalue weighted by Gasteiger charge is -2.35. The van der Waals surface area contributed by atoms with Gasteiger partial charge in [0, 0.05) is 11.6 Å². The summed E-state index contributed by atoms with van der Waals surface area (Å²) in [6.45, 7) is 0.126. The van der Waals surface area contributed by atoms with Gasteiger partial charge in [-0.05, 0) is 37.5 Å². The Labute approximate surface area is 146 Å². The Kier molecular flexibility index (Phi) is 5.98. The third-order valence-electron chi connectivity index (χ3n) is 3.67. The zero-order valence-electron chi connectivity index (χ0n) is 12.5. The van der Waals surface area contributed by atoms with Crippen LogP contribution in [-0.2, 0) is 9.59 Å². The highest BCUT2D eigenvalue weighted by Crippen LogP contribution is 2.28. The fourth-order valence-corrected chi connectivity index (χ4v) is 3.04. The fraction of sp³-hybridized carbons (Fsp3) is 0.467. The summed E-state index contributed by atoms with van der Waals surface area (Å²) in [5, 5.41) is 3.15. The van der Waals surface area contributed by atoms with E-state index < -0.39 is 30.5 Å². The summed E-state index contributed by atoms with van der Waals surface area (Å²) in [6, 6.07) is 3.51. The molecule has 0 saturated carbocycles. The molecule has 1 saturated heterocycles. The Balaban J connectivity index is 2.11. The number of hydrogen-bond donors (Lipinski definition) is 1. The van der Waals surface area contributed by atoms with Crippen molar-refractivity contribution in [3.63, 3.8) is 0 Å². The Morgan fingerprint density at radius 1 is 1.25 bits per heavy atom. The van der Waals surface area contributed by atoms with Crippen LogP contribution in [0.4, 0.5) is 18.9 Å². The van der Waals surface area contributed by atoms with Gasteiger partial charge < -0.3 is 10.2 Å². The maximum absolute atomic E-state index is 12.4. The van der Waals surface area contributed by atoms with Crippen LogP contribution >= 0.6 is 23.2 Å². The summed E-state index contributed by atoms with van der Waals surface area (Å²) in [7, 11) is 0. The number of benzene rings is 1. The lowest BCUT2D eigenvalue weighted by molar-refractivity contribution is -0.165. The van der Waals surface area contributed by atoms with E-state index in [9.17, 15) is 22.8 Å². The Bertz CT molecular complexity index is 638. The molecule has 0 aromatic heterocycles. The molecule has 1 N–H and O–H groups in total. The first-order valence-electron chi connectivity index (χ1n) is 7.29. The zero-order chi connectivity index (χ0) is 17.9. The molecule has 2 rings (SSSR count). The molecule has 0 spiro atoms. The van der Waals surface area contributed by atoms with Crippen molar-refractivity contribution in [3.8, 4) is 0 Å². The summed E-state index contributed by atoms with van der Waals surface area (Å²) in [4.78, 5) is 25.3. The van der Waals surface area contributed by atoms with Crippen LogP contribution in [0, 0.1) is 0 Å². The highest BCUT2D eigenvalue weighted by atomic mass is 35.5. The standard InChI is InChI=1S/C15H15Cl2F3N2O2/c16-9-4-5-11(10(17)7-9)21-14(24)12-3-1-2-6-22(12)13(23)8-15(18,19)20/h4-5,7,12H,1-3,6,8H2,(H,21,24). The zero-order valence-corrected chi connectivity index (χ0v) is 14.0. The third kappa shape index (κ3) is 5.01. The van der Waals surface area contributed by atoms with Crippen LogP contribution in [0.5, 0.6) is 0 Å². The van der Waals surface area contributed by atoms with Gasteiger partial charge in [0.25, 0.3) is 0 Å². The van der Waals surface area contributed by atoms with Gasteiger partial charge in [-0.25, -0.2) is 0 Å². The van der Waals surface area contributed by atoms with Crippen LogP contribution in [0.2, 0.25) is 10.0 Å². The van der Waals surface area contributed by atoms with Crippen molar-refractivity contribution in [2.75, 3.05) is 11.9 Å². The lowest BCUT2D eigenvalue weighted by Crippen LogP contribution is -2.50. The van der Waals surface area contributed by atoms with Crippen LogP contribution in [0.1, 0.15) is 25.7 Å². The van der Waals surface area contributed by atoms with Gasteiger partial charge in [-0.2, -0.15) is 13.2 Å². The number of nitrogens with one attached hydrogen (secondary N) is 1. The van der Waals surface area contributed by atoms with E-state index in [-0.39, 0.29) is 11.6 Å². The van der Waals surface area contributed by atoms with Gasteiger partial charge in [0.15, 0.2) is 0 Å². The van der Waals surface area contributed by atoms with Crippen molar-refractivity contribution in [2.24, 2.45) is 0 Å². The Hall–Kier alpha value is -1.47. The molecule has 24 heavy (non-hydrogen) atoms. The molecular weight excluding hydrogens is 368 g/mol. The number of nitrogens with zero attached hydrogens (tertiary/aromatic N) is 1. The van der Waals surface area contributed by atoms with Gasteiger partial charge >= 0.3 is 6.18 Å². The van der Waals surface area contributed by atoms with Crippen LogP contribution in [0.25, 0.3) is 0 Å². The first-order chi connectivity index (χ1) is 11.2. The summed E-state index contributed by atoms with van der Waals surface area (Å²) in [5.74, 6) is -1.65. The van der Waals surface area contributed by atoms with Crippen molar-refractivity contribution >= 4 is 40.7 Å². The predicted octanol–water partition coefficient (Wildman–Crippen LogP) is 4.27. The number of hydrogen-bond acceptors (Lipinski definition) is 2. The topological polar surface area (TPSA) is 49.4 Å². The third-order valence-corrected chi connectivity index (χ3v) is 4.21. The molecule has 1 atom stereocenters. The lowest BCUT2D eigenvalue weighted by atomic mass is 10.0. The number of likely N-dealkylation sites (tertiary alicyclic amines) is 1. The van der Waals surface area contributed by atoms with E-state index in [4.69, 9.17) is 23.2 Å². The SMILES string of the molecule is O=C(Nc1ccc(Cl)cc1Cl)C1CCCCN1C(=O)CC(F)(F)F. The molecular formula is C15H15Cl2F3N2O2. The summed E-state index contributed by atoms with van der Waals surface area (Å²) in [5.41, 5.74) is 0.292. The van der Waals surface area contributed by atoms with Gasteiger partial charge in [0.2, 0.25) is 11.8 Å². The van der Waals surface area contributed by atoms with Crippen molar-refractivity contribution in [2.45, 2.75) is 37.9 Å². The molecule has 1 aliphatic rings. The van der Waals surface area contributed by atoms with Gasteiger partial charge in [-0.3, -0.25) is 9.59 Å². The summed E-state index contributed by atoms with van der Waals surface area (Å²) in [6.07, 6.45) is -4.65. The van der Waals surface area contributed by atoms with Crippen molar-refractivity contribution in [1.82, 2.24) is 4.90 Å². The highest BCUT2D eigenvalue weighted by molar-refractivity contribution is 6.36. The van der Waals surface area contributed by atoms with Crippen molar-refractivity contribution in [1.29, 1.82) is 0 Å².